The summed E-state index contributed by atoms with van der Waals surface area (Å²) in [5.74, 6) is 0.650. The topological polar surface area (TPSA) is 80.6 Å². The zero-order valence-electron chi connectivity index (χ0n) is 14.3. The molecule has 1 unspecified atom stereocenters. The fraction of sp³-hybridized carbons (Fsp3) is 0.263. The van der Waals surface area contributed by atoms with Gasteiger partial charge in [-0.2, -0.15) is 0 Å². The van der Waals surface area contributed by atoms with Gasteiger partial charge in [-0.05, 0) is 42.2 Å². The number of carbonyl (C=O) groups excluding carboxylic acids is 2. The van der Waals surface area contributed by atoms with Crippen LogP contribution in [0, 0.1) is 0 Å². The van der Waals surface area contributed by atoms with Gasteiger partial charge in [-0.25, -0.2) is 0 Å². The lowest BCUT2D eigenvalue weighted by Crippen LogP contribution is -2.43. The number of furan rings is 1. The molecular weight excluding hydrogens is 320 g/mol. The summed E-state index contributed by atoms with van der Waals surface area (Å²) in [4.78, 5) is 23.4. The first kappa shape index (κ1) is 18.3. The number of carbonyl (C=O) groups is 2. The van der Waals surface area contributed by atoms with Gasteiger partial charge in [-0.1, -0.05) is 32.0 Å². The number of ether oxygens (including phenoxy) is 1. The summed E-state index contributed by atoms with van der Waals surface area (Å²) in [6.07, 6.45) is 5.25. The van der Waals surface area contributed by atoms with Crippen molar-refractivity contribution in [1.29, 1.82) is 0 Å². The maximum Gasteiger partial charge on any atom is 0.276 e. The van der Waals surface area contributed by atoms with Gasteiger partial charge in [-0.15, -0.1) is 0 Å². The summed E-state index contributed by atoms with van der Waals surface area (Å²) in [5.41, 5.74) is 5.64. The molecule has 1 aromatic carbocycles. The Bertz CT molecular complexity index is 723. The van der Waals surface area contributed by atoms with Crippen molar-refractivity contribution in [3.63, 3.8) is 0 Å². The van der Waals surface area contributed by atoms with Crippen LogP contribution in [0.25, 0.3) is 6.08 Å². The average Bonchev–Trinajstić information content (AvgIpc) is 3.16. The SMILES string of the molecule is CCC(C)c1ccccc1OCC(=O)NNC(=O)C=Cc1ccco1. The molecule has 0 aliphatic carbocycles. The highest BCUT2D eigenvalue weighted by Gasteiger charge is 2.11. The van der Waals surface area contributed by atoms with Gasteiger partial charge in [0.15, 0.2) is 6.61 Å². The van der Waals surface area contributed by atoms with E-state index in [1.165, 1.54) is 18.4 Å². The van der Waals surface area contributed by atoms with Crippen molar-refractivity contribution in [3.05, 3.63) is 60.1 Å². The van der Waals surface area contributed by atoms with E-state index in [4.69, 9.17) is 9.15 Å². The van der Waals surface area contributed by atoms with Gasteiger partial charge >= 0.3 is 0 Å². The van der Waals surface area contributed by atoms with Crippen LogP contribution < -0.4 is 15.6 Å². The average molecular weight is 342 g/mol. The molecule has 6 nitrogen and oxygen atoms in total. The number of hydrogen-bond donors (Lipinski definition) is 2. The third-order valence-corrected chi connectivity index (χ3v) is 3.69. The third-order valence-electron chi connectivity index (χ3n) is 3.69. The third kappa shape index (κ3) is 5.84. The van der Waals surface area contributed by atoms with Gasteiger partial charge in [0.05, 0.1) is 6.26 Å². The van der Waals surface area contributed by atoms with E-state index < -0.39 is 11.8 Å². The molecule has 2 N–H and O–H groups in total. The Labute approximate surface area is 146 Å². The predicted molar refractivity (Wildman–Crippen MR) is 94.7 cm³/mol. The van der Waals surface area contributed by atoms with Crippen molar-refractivity contribution in [2.75, 3.05) is 6.61 Å². The van der Waals surface area contributed by atoms with E-state index >= 15 is 0 Å². The first-order valence-electron chi connectivity index (χ1n) is 8.12. The molecule has 0 saturated carbocycles. The molecule has 0 bridgehead atoms. The molecule has 0 saturated heterocycles. The summed E-state index contributed by atoms with van der Waals surface area (Å²) in [5, 5.41) is 0. The number of nitrogens with one attached hydrogen (secondary N) is 2. The molecule has 2 amide bonds. The summed E-state index contributed by atoms with van der Waals surface area (Å²) in [6.45, 7) is 4.02. The Balaban J connectivity index is 1.78. The van der Waals surface area contributed by atoms with Crippen molar-refractivity contribution in [2.45, 2.75) is 26.2 Å². The molecule has 0 aliphatic rings. The molecule has 2 aromatic rings. The smallest absolute Gasteiger partial charge is 0.276 e. The van der Waals surface area contributed by atoms with Crippen LogP contribution >= 0.6 is 0 Å². The normalized spacial score (nSPS) is 11.9. The predicted octanol–water partition coefficient (Wildman–Crippen LogP) is 3.03. The second-order valence-corrected chi connectivity index (χ2v) is 5.52. The lowest BCUT2D eigenvalue weighted by atomic mass is 9.98. The van der Waals surface area contributed by atoms with Crippen LogP contribution in [0.2, 0.25) is 0 Å². The summed E-state index contributed by atoms with van der Waals surface area (Å²) in [6, 6.07) is 11.1. The molecule has 0 radical (unpaired) electrons. The summed E-state index contributed by atoms with van der Waals surface area (Å²) in [7, 11) is 0. The van der Waals surface area contributed by atoms with E-state index in [1.54, 1.807) is 12.1 Å². The Kier molecular flexibility index (Phi) is 6.83. The van der Waals surface area contributed by atoms with Gasteiger partial charge in [-0.3, -0.25) is 20.4 Å². The first-order chi connectivity index (χ1) is 12.1. The van der Waals surface area contributed by atoms with Crippen LogP contribution in [0.3, 0.4) is 0 Å². The van der Waals surface area contributed by atoms with E-state index in [2.05, 4.69) is 24.7 Å². The van der Waals surface area contributed by atoms with Crippen LogP contribution in [0.4, 0.5) is 0 Å². The van der Waals surface area contributed by atoms with Crippen LogP contribution in [0.15, 0.2) is 53.2 Å². The van der Waals surface area contributed by atoms with Crippen molar-refractivity contribution >= 4 is 17.9 Å². The van der Waals surface area contributed by atoms with Crippen molar-refractivity contribution < 1.29 is 18.7 Å². The monoisotopic (exact) mass is 342 g/mol. The molecule has 1 heterocycles. The molecule has 1 atom stereocenters. The van der Waals surface area contributed by atoms with Gasteiger partial charge in [0.2, 0.25) is 0 Å². The van der Waals surface area contributed by atoms with Crippen LogP contribution in [-0.4, -0.2) is 18.4 Å². The van der Waals surface area contributed by atoms with Crippen molar-refractivity contribution in [1.82, 2.24) is 10.9 Å². The highest BCUT2D eigenvalue weighted by atomic mass is 16.5. The van der Waals surface area contributed by atoms with Crippen molar-refractivity contribution in [3.8, 4) is 5.75 Å². The van der Waals surface area contributed by atoms with Crippen molar-refractivity contribution in [2.24, 2.45) is 0 Å². The number of hydrogen-bond acceptors (Lipinski definition) is 4. The molecule has 0 fully saturated rings. The van der Waals surface area contributed by atoms with E-state index in [-0.39, 0.29) is 6.61 Å². The van der Waals surface area contributed by atoms with Gasteiger partial charge in [0.25, 0.3) is 11.8 Å². The minimum atomic E-state index is -0.468. The Morgan fingerprint density at radius 1 is 1.20 bits per heavy atom. The molecule has 1 aromatic heterocycles. The number of hydrazine groups is 1. The summed E-state index contributed by atoms with van der Waals surface area (Å²) < 4.78 is 10.6. The zero-order chi connectivity index (χ0) is 18.1. The summed E-state index contributed by atoms with van der Waals surface area (Å²) >= 11 is 0. The zero-order valence-corrected chi connectivity index (χ0v) is 14.3. The number of rotatable bonds is 7. The van der Waals surface area contributed by atoms with Gasteiger partial charge in [0, 0.05) is 6.08 Å². The maximum absolute atomic E-state index is 11.8. The van der Waals surface area contributed by atoms with E-state index in [9.17, 15) is 9.59 Å². The molecule has 2 rings (SSSR count). The fourth-order valence-corrected chi connectivity index (χ4v) is 2.14. The molecule has 6 heteroatoms. The number of benzene rings is 1. The number of para-hydroxylation sites is 1. The maximum atomic E-state index is 11.8. The standard InChI is InChI=1S/C19H22N2O4/c1-3-14(2)16-8-4-5-9-17(16)25-13-19(23)21-20-18(22)11-10-15-7-6-12-24-15/h4-12,14H,3,13H2,1-2H3,(H,20,22)(H,21,23). The Hall–Kier alpha value is -3.02. The molecular formula is C19H22N2O4. The lowest BCUT2D eigenvalue weighted by Gasteiger charge is -2.15. The molecule has 0 aliphatic heterocycles. The highest BCUT2D eigenvalue weighted by molar-refractivity contribution is 5.92. The van der Waals surface area contributed by atoms with Crippen LogP contribution in [0.5, 0.6) is 5.75 Å². The first-order valence-corrected chi connectivity index (χ1v) is 8.12. The molecule has 132 valence electrons. The lowest BCUT2D eigenvalue weighted by molar-refractivity contribution is -0.128. The van der Waals surface area contributed by atoms with Crippen LogP contribution in [-0.2, 0) is 9.59 Å². The van der Waals surface area contributed by atoms with Crippen LogP contribution in [0.1, 0.15) is 37.5 Å². The minimum absolute atomic E-state index is 0.185. The second-order valence-electron chi connectivity index (χ2n) is 5.52. The molecule has 25 heavy (non-hydrogen) atoms. The highest BCUT2D eigenvalue weighted by Crippen LogP contribution is 2.28. The minimum Gasteiger partial charge on any atom is -0.483 e. The number of amides is 2. The molecule has 0 spiro atoms. The van der Waals surface area contributed by atoms with E-state index in [0.717, 1.165) is 12.0 Å². The Morgan fingerprint density at radius 3 is 2.72 bits per heavy atom. The fourth-order valence-electron chi connectivity index (χ4n) is 2.14. The van der Waals surface area contributed by atoms with E-state index in [0.29, 0.717) is 17.4 Å². The largest absolute Gasteiger partial charge is 0.483 e. The Morgan fingerprint density at radius 2 is 2.00 bits per heavy atom. The second kappa shape index (κ2) is 9.32. The van der Waals surface area contributed by atoms with Gasteiger partial charge in [0.1, 0.15) is 11.5 Å². The van der Waals surface area contributed by atoms with Gasteiger partial charge < -0.3 is 9.15 Å². The quantitative estimate of drug-likeness (QED) is 0.599. The van der Waals surface area contributed by atoms with E-state index in [1.807, 2.05) is 24.3 Å².